The van der Waals surface area contributed by atoms with Crippen molar-refractivity contribution in [3.05, 3.63) is 33.1 Å². The molecule has 0 bridgehead atoms. The minimum absolute atomic E-state index is 0. The molecule has 1 atom stereocenters. The molecular formula is C12H15ClFIN2O. The van der Waals surface area contributed by atoms with Crippen molar-refractivity contribution in [1.29, 1.82) is 0 Å². The third kappa shape index (κ3) is 3.55. The molecule has 1 aliphatic heterocycles. The van der Waals surface area contributed by atoms with Gasteiger partial charge in [0, 0.05) is 29.2 Å². The molecular weight excluding hydrogens is 370 g/mol. The van der Waals surface area contributed by atoms with E-state index in [1.54, 1.807) is 17.0 Å². The highest BCUT2D eigenvalue weighted by molar-refractivity contribution is 14.1. The third-order valence-electron chi connectivity index (χ3n) is 2.81. The first-order valence-electron chi connectivity index (χ1n) is 5.55. The van der Waals surface area contributed by atoms with Crippen LogP contribution in [0, 0.1) is 9.39 Å². The molecule has 18 heavy (non-hydrogen) atoms. The normalized spacial score (nSPS) is 19.3. The summed E-state index contributed by atoms with van der Waals surface area (Å²) < 4.78 is 14.5. The lowest BCUT2D eigenvalue weighted by atomic mass is 10.1. The third-order valence-corrected chi connectivity index (χ3v) is 3.49. The summed E-state index contributed by atoms with van der Waals surface area (Å²) in [4.78, 5) is 13.9. The fourth-order valence-electron chi connectivity index (χ4n) is 1.95. The molecule has 0 aliphatic carbocycles. The Labute approximate surface area is 126 Å². The summed E-state index contributed by atoms with van der Waals surface area (Å²) in [5.74, 6) is -0.657. The van der Waals surface area contributed by atoms with E-state index in [-0.39, 0.29) is 29.9 Å². The van der Waals surface area contributed by atoms with Gasteiger partial charge in [0.05, 0.1) is 5.56 Å². The van der Waals surface area contributed by atoms with Gasteiger partial charge in [-0.2, -0.15) is 0 Å². The van der Waals surface area contributed by atoms with Crippen LogP contribution in [-0.4, -0.2) is 36.5 Å². The molecule has 100 valence electrons. The van der Waals surface area contributed by atoms with Crippen molar-refractivity contribution >= 4 is 40.9 Å². The standard InChI is InChI=1S/C12H14FIN2O.ClH/c1-8-7-16(5-4-15-8)12(17)10-6-9(14)2-3-11(10)13;/h2-3,6,8,15H,4-5,7H2,1H3;1H/t8-;/m1./s1. The van der Waals surface area contributed by atoms with Crippen LogP contribution < -0.4 is 5.32 Å². The number of benzene rings is 1. The first-order valence-corrected chi connectivity index (χ1v) is 6.63. The van der Waals surface area contributed by atoms with Gasteiger partial charge < -0.3 is 10.2 Å². The second kappa shape index (κ2) is 6.68. The van der Waals surface area contributed by atoms with Crippen molar-refractivity contribution in [2.75, 3.05) is 19.6 Å². The van der Waals surface area contributed by atoms with Crippen LogP contribution in [-0.2, 0) is 0 Å². The molecule has 0 saturated carbocycles. The molecule has 6 heteroatoms. The molecule has 3 nitrogen and oxygen atoms in total. The van der Waals surface area contributed by atoms with E-state index in [0.29, 0.717) is 13.1 Å². The first kappa shape index (κ1) is 15.7. The molecule has 0 radical (unpaired) electrons. The SMILES string of the molecule is C[C@@H]1CN(C(=O)c2cc(I)ccc2F)CCN1.Cl. The number of carbonyl (C=O) groups is 1. The Morgan fingerprint density at radius 3 is 2.94 bits per heavy atom. The van der Waals surface area contributed by atoms with Gasteiger partial charge in [0.1, 0.15) is 5.82 Å². The van der Waals surface area contributed by atoms with Crippen molar-refractivity contribution in [3.8, 4) is 0 Å². The second-order valence-electron chi connectivity index (χ2n) is 4.23. The molecule has 1 N–H and O–H groups in total. The fraction of sp³-hybridized carbons (Fsp3) is 0.417. The summed E-state index contributed by atoms with van der Waals surface area (Å²) >= 11 is 2.08. The van der Waals surface area contributed by atoms with Gasteiger partial charge in [0.15, 0.2) is 0 Å². The number of halogens is 3. The lowest BCUT2D eigenvalue weighted by molar-refractivity contribution is 0.0704. The van der Waals surface area contributed by atoms with Crippen molar-refractivity contribution in [2.45, 2.75) is 13.0 Å². The molecule has 1 amide bonds. The molecule has 1 saturated heterocycles. The summed E-state index contributed by atoms with van der Waals surface area (Å²) in [7, 11) is 0. The van der Waals surface area contributed by atoms with Crippen LogP contribution >= 0.6 is 35.0 Å². The number of piperazine rings is 1. The fourth-order valence-corrected chi connectivity index (χ4v) is 2.44. The minimum atomic E-state index is -0.443. The van der Waals surface area contributed by atoms with Crippen molar-refractivity contribution < 1.29 is 9.18 Å². The van der Waals surface area contributed by atoms with Crippen molar-refractivity contribution in [1.82, 2.24) is 10.2 Å². The highest BCUT2D eigenvalue weighted by Gasteiger charge is 2.23. The maximum absolute atomic E-state index is 13.6. The van der Waals surface area contributed by atoms with Gasteiger partial charge >= 0.3 is 0 Å². The van der Waals surface area contributed by atoms with Crippen LogP contribution in [0.4, 0.5) is 4.39 Å². The number of rotatable bonds is 1. The van der Waals surface area contributed by atoms with Crippen LogP contribution in [0.1, 0.15) is 17.3 Å². The van der Waals surface area contributed by atoms with Crippen molar-refractivity contribution in [2.24, 2.45) is 0 Å². The summed E-state index contributed by atoms with van der Waals surface area (Å²) in [6.07, 6.45) is 0. The van der Waals surface area contributed by atoms with E-state index in [0.717, 1.165) is 10.1 Å². The average Bonchev–Trinajstić information content (AvgIpc) is 2.31. The Kier molecular flexibility index (Phi) is 5.81. The molecule has 1 aromatic rings. The number of amides is 1. The van der Waals surface area contributed by atoms with Crippen LogP contribution in [0.2, 0.25) is 0 Å². The monoisotopic (exact) mass is 384 g/mol. The Hall–Kier alpha value is -0.400. The van der Waals surface area contributed by atoms with Crippen LogP contribution in [0.25, 0.3) is 0 Å². The van der Waals surface area contributed by atoms with Gasteiger partial charge in [0.25, 0.3) is 5.91 Å². The Balaban J connectivity index is 0.00000162. The zero-order valence-electron chi connectivity index (χ0n) is 9.95. The Morgan fingerprint density at radius 2 is 2.28 bits per heavy atom. The van der Waals surface area contributed by atoms with E-state index < -0.39 is 5.82 Å². The number of carbonyl (C=O) groups excluding carboxylic acids is 1. The highest BCUT2D eigenvalue weighted by atomic mass is 127. The zero-order valence-corrected chi connectivity index (χ0v) is 12.9. The van der Waals surface area contributed by atoms with Crippen LogP contribution in [0.5, 0.6) is 0 Å². The van der Waals surface area contributed by atoms with E-state index >= 15 is 0 Å². The van der Waals surface area contributed by atoms with Gasteiger partial charge in [-0.3, -0.25) is 4.79 Å². The maximum atomic E-state index is 13.6. The zero-order chi connectivity index (χ0) is 12.4. The smallest absolute Gasteiger partial charge is 0.256 e. The Morgan fingerprint density at radius 1 is 1.56 bits per heavy atom. The molecule has 1 aliphatic rings. The predicted molar refractivity (Wildman–Crippen MR) is 79.7 cm³/mol. The second-order valence-corrected chi connectivity index (χ2v) is 5.48. The molecule has 0 unspecified atom stereocenters. The van der Waals surface area contributed by atoms with E-state index in [1.807, 2.05) is 6.92 Å². The number of nitrogens with zero attached hydrogens (tertiary/aromatic N) is 1. The lowest BCUT2D eigenvalue weighted by Crippen LogP contribution is -2.51. The topological polar surface area (TPSA) is 32.3 Å². The van der Waals surface area contributed by atoms with Gasteiger partial charge in [-0.15, -0.1) is 12.4 Å². The van der Waals surface area contributed by atoms with Gasteiger partial charge in [-0.05, 0) is 47.7 Å². The van der Waals surface area contributed by atoms with E-state index in [1.165, 1.54) is 6.07 Å². The van der Waals surface area contributed by atoms with E-state index in [4.69, 9.17) is 0 Å². The molecule has 2 rings (SSSR count). The number of hydrogen-bond acceptors (Lipinski definition) is 2. The molecule has 1 heterocycles. The van der Waals surface area contributed by atoms with E-state index in [9.17, 15) is 9.18 Å². The minimum Gasteiger partial charge on any atom is -0.336 e. The lowest BCUT2D eigenvalue weighted by Gasteiger charge is -2.32. The number of nitrogens with one attached hydrogen (secondary N) is 1. The summed E-state index contributed by atoms with van der Waals surface area (Å²) in [6, 6.07) is 4.87. The number of hydrogen-bond donors (Lipinski definition) is 1. The summed E-state index contributed by atoms with van der Waals surface area (Å²) in [5, 5.41) is 3.26. The van der Waals surface area contributed by atoms with Crippen LogP contribution in [0.15, 0.2) is 18.2 Å². The Bertz CT molecular complexity index is 444. The van der Waals surface area contributed by atoms with E-state index in [2.05, 4.69) is 27.9 Å². The molecule has 1 aromatic carbocycles. The van der Waals surface area contributed by atoms with Gasteiger partial charge in [0.2, 0.25) is 0 Å². The highest BCUT2D eigenvalue weighted by Crippen LogP contribution is 2.15. The van der Waals surface area contributed by atoms with Crippen molar-refractivity contribution in [3.63, 3.8) is 0 Å². The van der Waals surface area contributed by atoms with Gasteiger partial charge in [-0.1, -0.05) is 0 Å². The van der Waals surface area contributed by atoms with Crippen LogP contribution in [0.3, 0.4) is 0 Å². The molecule has 1 fully saturated rings. The molecule has 0 spiro atoms. The van der Waals surface area contributed by atoms with Gasteiger partial charge in [-0.25, -0.2) is 4.39 Å². The maximum Gasteiger partial charge on any atom is 0.256 e. The largest absolute Gasteiger partial charge is 0.336 e. The first-order chi connectivity index (χ1) is 8.08. The molecule has 0 aromatic heterocycles. The summed E-state index contributed by atoms with van der Waals surface area (Å²) in [5.41, 5.74) is 0.172. The quantitative estimate of drug-likeness (QED) is 0.754. The summed E-state index contributed by atoms with van der Waals surface area (Å²) in [6.45, 7) is 4.04. The predicted octanol–water partition coefficient (Wildman–Crippen LogP) is 2.29. The average molecular weight is 385 g/mol.